The van der Waals surface area contributed by atoms with Crippen molar-refractivity contribution < 1.29 is 14.3 Å². The number of aliphatic hydroxyl groups is 1. The van der Waals surface area contributed by atoms with Gasteiger partial charge in [-0.15, -0.1) is 0 Å². The molecule has 2 atom stereocenters. The summed E-state index contributed by atoms with van der Waals surface area (Å²) in [7, 11) is 0. The number of fused-ring (bicyclic) bond motifs is 1. The van der Waals surface area contributed by atoms with Crippen LogP contribution in [0.3, 0.4) is 0 Å². The molecule has 1 N–H and O–H groups in total. The van der Waals surface area contributed by atoms with E-state index in [9.17, 15) is 5.11 Å². The van der Waals surface area contributed by atoms with Crippen LogP contribution in [0, 0.1) is 20.8 Å². The fourth-order valence-electron chi connectivity index (χ4n) is 2.99. The van der Waals surface area contributed by atoms with Gasteiger partial charge in [-0.2, -0.15) is 0 Å². The van der Waals surface area contributed by atoms with Gasteiger partial charge in [-0.05, 0) is 56.5 Å². The maximum atomic E-state index is 10.7. The molecule has 2 aromatic rings. The lowest BCUT2D eigenvalue weighted by atomic mass is 9.96. The maximum Gasteiger partial charge on any atom is 0.123 e. The molecule has 0 amide bonds. The predicted octanol–water partition coefficient (Wildman–Crippen LogP) is 3.61. The number of hydrogen-bond acceptors (Lipinski definition) is 3. The summed E-state index contributed by atoms with van der Waals surface area (Å²) in [4.78, 5) is 0. The van der Waals surface area contributed by atoms with Crippen LogP contribution < -0.4 is 4.74 Å². The van der Waals surface area contributed by atoms with Gasteiger partial charge in [0.2, 0.25) is 0 Å². The molecule has 2 heterocycles. The second-order valence-corrected chi connectivity index (χ2v) is 5.66. The molecule has 1 aliphatic heterocycles. The first-order valence-electron chi connectivity index (χ1n) is 7.01. The first-order valence-corrected chi connectivity index (χ1v) is 7.01. The second kappa shape index (κ2) is 4.67. The quantitative estimate of drug-likeness (QED) is 0.908. The Labute approximate surface area is 119 Å². The second-order valence-electron chi connectivity index (χ2n) is 5.66. The van der Waals surface area contributed by atoms with E-state index in [0.717, 1.165) is 40.4 Å². The molecule has 0 bridgehead atoms. The zero-order chi connectivity index (χ0) is 14.4. The summed E-state index contributed by atoms with van der Waals surface area (Å²) in [5.41, 5.74) is 3.98. The predicted molar refractivity (Wildman–Crippen MR) is 77.2 cm³/mol. The van der Waals surface area contributed by atoms with E-state index in [2.05, 4.69) is 6.92 Å². The maximum absolute atomic E-state index is 10.7. The van der Waals surface area contributed by atoms with E-state index in [4.69, 9.17) is 9.15 Å². The molecule has 0 saturated carbocycles. The molecule has 3 rings (SSSR count). The Kier molecular flexibility index (Phi) is 3.09. The Balaban J connectivity index is 1.99. The molecule has 0 fully saturated rings. The lowest BCUT2D eigenvalue weighted by Gasteiger charge is -2.13. The largest absolute Gasteiger partial charge is 0.490 e. The minimum atomic E-state index is -0.645. The molecule has 0 saturated heterocycles. The van der Waals surface area contributed by atoms with Crippen molar-refractivity contribution in [1.29, 1.82) is 0 Å². The van der Waals surface area contributed by atoms with Crippen molar-refractivity contribution in [3.8, 4) is 5.75 Å². The van der Waals surface area contributed by atoms with Gasteiger partial charge in [-0.1, -0.05) is 6.07 Å². The van der Waals surface area contributed by atoms with Crippen molar-refractivity contribution >= 4 is 0 Å². The lowest BCUT2D eigenvalue weighted by molar-refractivity contribution is 0.217. The summed E-state index contributed by atoms with van der Waals surface area (Å²) in [6.45, 7) is 7.88. The van der Waals surface area contributed by atoms with E-state index in [1.807, 2.05) is 39.0 Å². The van der Waals surface area contributed by atoms with Crippen LogP contribution in [0.15, 0.2) is 22.6 Å². The molecule has 3 heteroatoms. The van der Waals surface area contributed by atoms with Gasteiger partial charge in [-0.3, -0.25) is 0 Å². The van der Waals surface area contributed by atoms with Crippen LogP contribution in [-0.2, 0) is 6.42 Å². The van der Waals surface area contributed by atoms with E-state index in [0.29, 0.717) is 0 Å². The Morgan fingerprint density at radius 2 is 1.95 bits per heavy atom. The lowest BCUT2D eigenvalue weighted by Crippen LogP contribution is -2.05. The highest BCUT2D eigenvalue weighted by Gasteiger charge is 2.24. The Morgan fingerprint density at radius 1 is 1.20 bits per heavy atom. The van der Waals surface area contributed by atoms with Crippen LogP contribution in [0.4, 0.5) is 0 Å². The molecular formula is C17H20O3. The molecule has 0 radical (unpaired) electrons. The van der Waals surface area contributed by atoms with Crippen LogP contribution in [-0.4, -0.2) is 11.2 Å². The van der Waals surface area contributed by atoms with Crippen molar-refractivity contribution in [3.63, 3.8) is 0 Å². The highest BCUT2D eigenvalue weighted by Crippen LogP contribution is 2.35. The van der Waals surface area contributed by atoms with E-state index in [-0.39, 0.29) is 6.10 Å². The van der Waals surface area contributed by atoms with Crippen LogP contribution >= 0.6 is 0 Å². The minimum absolute atomic E-state index is 0.219. The summed E-state index contributed by atoms with van der Waals surface area (Å²) in [5, 5.41) is 10.7. The third kappa shape index (κ3) is 2.02. The van der Waals surface area contributed by atoms with Gasteiger partial charge in [0, 0.05) is 12.0 Å². The van der Waals surface area contributed by atoms with Gasteiger partial charge in [0.05, 0.1) is 0 Å². The Morgan fingerprint density at radius 3 is 2.60 bits per heavy atom. The van der Waals surface area contributed by atoms with Crippen molar-refractivity contribution in [2.75, 3.05) is 0 Å². The third-order valence-corrected chi connectivity index (χ3v) is 4.13. The number of benzene rings is 1. The number of aliphatic hydroxyl groups excluding tert-OH is 1. The van der Waals surface area contributed by atoms with Crippen LogP contribution in [0.5, 0.6) is 5.75 Å². The third-order valence-electron chi connectivity index (χ3n) is 4.13. The highest BCUT2D eigenvalue weighted by molar-refractivity contribution is 5.45. The summed E-state index contributed by atoms with van der Waals surface area (Å²) in [6.07, 6.45) is 0.476. The average molecular weight is 272 g/mol. The average Bonchev–Trinajstić information content (AvgIpc) is 2.87. The number of hydrogen-bond donors (Lipinski definition) is 1. The normalized spacial score (nSPS) is 18.8. The standard InChI is InChI=1S/C17H20O3/c1-9-7-14-8-13(5-6-15(14)19-9)17(18)16-10(2)11(3)20-12(16)4/h5-6,8-9,17-18H,7H2,1-4H3. The number of rotatable bonds is 2. The summed E-state index contributed by atoms with van der Waals surface area (Å²) in [6, 6.07) is 5.93. The van der Waals surface area contributed by atoms with E-state index >= 15 is 0 Å². The molecule has 0 aliphatic carbocycles. The molecule has 1 aromatic carbocycles. The monoisotopic (exact) mass is 272 g/mol. The Hall–Kier alpha value is -1.74. The molecule has 3 nitrogen and oxygen atoms in total. The SMILES string of the molecule is Cc1oc(C)c(C(O)c2ccc3c(c2)CC(C)O3)c1C. The van der Waals surface area contributed by atoms with Crippen molar-refractivity contribution in [2.45, 2.75) is 46.3 Å². The molecule has 0 spiro atoms. The first-order chi connectivity index (χ1) is 9.47. The van der Waals surface area contributed by atoms with Gasteiger partial charge in [-0.25, -0.2) is 0 Å². The Bertz CT molecular complexity index is 654. The minimum Gasteiger partial charge on any atom is -0.490 e. The summed E-state index contributed by atoms with van der Waals surface area (Å²) >= 11 is 0. The molecule has 1 aliphatic rings. The van der Waals surface area contributed by atoms with Crippen LogP contribution in [0.25, 0.3) is 0 Å². The molecule has 20 heavy (non-hydrogen) atoms. The van der Waals surface area contributed by atoms with Gasteiger partial charge in [0.1, 0.15) is 29.5 Å². The number of furan rings is 1. The van der Waals surface area contributed by atoms with Gasteiger partial charge in [0.15, 0.2) is 0 Å². The van der Waals surface area contributed by atoms with Crippen LogP contribution in [0.1, 0.15) is 46.8 Å². The van der Waals surface area contributed by atoms with Crippen LogP contribution in [0.2, 0.25) is 0 Å². The fraction of sp³-hybridized carbons (Fsp3) is 0.412. The van der Waals surface area contributed by atoms with Gasteiger partial charge >= 0.3 is 0 Å². The zero-order valence-corrected chi connectivity index (χ0v) is 12.4. The van der Waals surface area contributed by atoms with Gasteiger partial charge < -0.3 is 14.3 Å². The summed E-state index contributed by atoms with van der Waals surface area (Å²) in [5.74, 6) is 2.59. The number of aryl methyl sites for hydroxylation is 2. The zero-order valence-electron chi connectivity index (χ0n) is 12.4. The summed E-state index contributed by atoms with van der Waals surface area (Å²) < 4.78 is 11.3. The first kappa shape index (κ1) is 13.3. The molecule has 1 aromatic heterocycles. The fourth-order valence-corrected chi connectivity index (χ4v) is 2.99. The molecular weight excluding hydrogens is 252 g/mol. The van der Waals surface area contributed by atoms with E-state index in [1.165, 1.54) is 5.56 Å². The van der Waals surface area contributed by atoms with E-state index < -0.39 is 6.10 Å². The van der Waals surface area contributed by atoms with Gasteiger partial charge in [0.25, 0.3) is 0 Å². The van der Waals surface area contributed by atoms with Crippen molar-refractivity contribution in [3.05, 3.63) is 52.0 Å². The molecule has 2 unspecified atom stereocenters. The van der Waals surface area contributed by atoms with Crippen molar-refractivity contribution in [1.82, 2.24) is 0 Å². The highest BCUT2D eigenvalue weighted by atomic mass is 16.5. The molecule has 106 valence electrons. The van der Waals surface area contributed by atoms with Crippen molar-refractivity contribution in [2.24, 2.45) is 0 Å². The smallest absolute Gasteiger partial charge is 0.123 e. The van der Waals surface area contributed by atoms with E-state index in [1.54, 1.807) is 0 Å². The topological polar surface area (TPSA) is 42.6 Å². The number of ether oxygens (including phenoxy) is 1.